The molecule has 0 aliphatic carbocycles. The van der Waals surface area contributed by atoms with Crippen LogP contribution in [0.5, 0.6) is 5.75 Å². The highest BCUT2D eigenvalue weighted by molar-refractivity contribution is 5.47. The summed E-state index contributed by atoms with van der Waals surface area (Å²) in [7, 11) is 1.69. The Kier molecular flexibility index (Phi) is 5.68. The maximum absolute atomic E-state index is 5.81. The number of anilines is 1. The Morgan fingerprint density at radius 3 is 2.50 bits per heavy atom. The number of benzene rings is 1. The molecule has 4 heteroatoms. The van der Waals surface area contributed by atoms with E-state index in [0.717, 1.165) is 18.7 Å². The lowest BCUT2D eigenvalue weighted by Gasteiger charge is -2.33. The summed E-state index contributed by atoms with van der Waals surface area (Å²) in [6.45, 7) is 5.55. The van der Waals surface area contributed by atoms with Crippen LogP contribution in [0.2, 0.25) is 0 Å². The summed E-state index contributed by atoms with van der Waals surface area (Å²) in [5, 5.41) is 3.61. The van der Waals surface area contributed by atoms with E-state index in [9.17, 15) is 0 Å². The Hall–Kier alpha value is -1.26. The van der Waals surface area contributed by atoms with Crippen molar-refractivity contribution in [3.05, 3.63) is 24.3 Å². The number of nitrogens with one attached hydrogen (secondary N) is 1. The molecule has 20 heavy (non-hydrogen) atoms. The molecule has 112 valence electrons. The SMILES string of the molecule is COc1ccc(NC2CCN(CC[C@@H](C)N)CC2)cc1. The van der Waals surface area contributed by atoms with Gasteiger partial charge in [0.25, 0.3) is 0 Å². The fourth-order valence-electron chi connectivity index (χ4n) is 2.61. The highest BCUT2D eigenvalue weighted by Crippen LogP contribution is 2.19. The lowest BCUT2D eigenvalue weighted by Crippen LogP contribution is -2.40. The number of piperidine rings is 1. The van der Waals surface area contributed by atoms with Crippen molar-refractivity contribution < 1.29 is 4.74 Å². The smallest absolute Gasteiger partial charge is 0.119 e. The molecule has 0 amide bonds. The van der Waals surface area contributed by atoms with Crippen molar-refractivity contribution in [1.29, 1.82) is 0 Å². The number of methoxy groups -OCH3 is 1. The fourth-order valence-corrected chi connectivity index (χ4v) is 2.61. The average Bonchev–Trinajstić information content (AvgIpc) is 2.47. The van der Waals surface area contributed by atoms with Crippen LogP contribution in [-0.4, -0.2) is 43.7 Å². The van der Waals surface area contributed by atoms with Gasteiger partial charge in [-0.25, -0.2) is 0 Å². The van der Waals surface area contributed by atoms with Gasteiger partial charge >= 0.3 is 0 Å². The Morgan fingerprint density at radius 2 is 1.95 bits per heavy atom. The molecule has 0 spiro atoms. The minimum Gasteiger partial charge on any atom is -0.497 e. The minimum atomic E-state index is 0.310. The zero-order valence-corrected chi connectivity index (χ0v) is 12.6. The summed E-state index contributed by atoms with van der Waals surface area (Å²) in [6, 6.07) is 9.06. The summed E-state index contributed by atoms with van der Waals surface area (Å²) in [5.41, 5.74) is 6.99. The van der Waals surface area contributed by atoms with Crippen molar-refractivity contribution in [2.45, 2.75) is 38.3 Å². The number of nitrogens with two attached hydrogens (primary N) is 1. The zero-order valence-electron chi connectivity index (χ0n) is 12.6. The van der Waals surface area contributed by atoms with Crippen molar-refractivity contribution in [2.75, 3.05) is 32.1 Å². The molecule has 0 saturated carbocycles. The summed E-state index contributed by atoms with van der Waals surface area (Å²) >= 11 is 0. The molecule has 0 unspecified atom stereocenters. The number of rotatable bonds is 6. The van der Waals surface area contributed by atoms with Gasteiger partial charge in [0.05, 0.1) is 7.11 Å². The van der Waals surface area contributed by atoms with Crippen LogP contribution >= 0.6 is 0 Å². The number of ether oxygens (including phenoxy) is 1. The lowest BCUT2D eigenvalue weighted by atomic mass is 10.0. The first kappa shape index (κ1) is 15.1. The number of hydrogen-bond acceptors (Lipinski definition) is 4. The molecule has 4 nitrogen and oxygen atoms in total. The molecular weight excluding hydrogens is 250 g/mol. The number of likely N-dealkylation sites (tertiary alicyclic amines) is 1. The van der Waals surface area contributed by atoms with Crippen LogP contribution in [0, 0.1) is 0 Å². The van der Waals surface area contributed by atoms with Crippen LogP contribution in [0.4, 0.5) is 5.69 Å². The molecule has 0 radical (unpaired) electrons. The van der Waals surface area contributed by atoms with Crippen LogP contribution < -0.4 is 15.8 Å². The summed E-state index contributed by atoms with van der Waals surface area (Å²) in [4.78, 5) is 2.52. The fraction of sp³-hybridized carbons (Fsp3) is 0.625. The largest absolute Gasteiger partial charge is 0.497 e. The predicted molar refractivity (Wildman–Crippen MR) is 84.3 cm³/mol. The first-order chi connectivity index (χ1) is 9.67. The lowest BCUT2D eigenvalue weighted by molar-refractivity contribution is 0.213. The second-order valence-electron chi connectivity index (χ2n) is 5.75. The topological polar surface area (TPSA) is 50.5 Å². The summed E-state index contributed by atoms with van der Waals surface area (Å²) in [6.07, 6.45) is 3.49. The molecule has 1 saturated heterocycles. The summed E-state index contributed by atoms with van der Waals surface area (Å²) < 4.78 is 5.17. The Morgan fingerprint density at radius 1 is 1.30 bits per heavy atom. The molecule has 1 aliphatic heterocycles. The van der Waals surface area contributed by atoms with Crippen LogP contribution in [0.3, 0.4) is 0 Å². The van der Waals surface area contributed by atoms with Crippen molar-refractivity contribution in [1.82, 2.24) is 4.90 Å². The minimum absolute atomic E-state index is 0.310. The molecule has 1 atom stereocenters. The van der Waals surface area contributed by atoms with Gasteiger partial charge in [-0.1, -0.05) is 0 Å². The molecular formula is C16H27N3O. The van der Waals surface area contributed by atoms with Crippen LogP contribution in [0.1, 0.15) is 26.2 Å². The van der Waals surface area contributed by atoms with Crippen molar-refractivity contribution in [3.63, 3.8) is 0 Å². The van der Waals surface area contributed by atoms with E-state index in [1.165, 1.54) is 31.6 Å². The number of hydrogen-bond donors (Lipinski definition) is 2. The molecule has 2 rings (SSSR count). The third kappa shape index (κ3) is 4.69. The van der Waals surface area contributed by atoms with Crippen molar-refractivity contribution in [2.24, 2.45) is 5.73 Å². The van der Waals surface area contributed by atoms with Gasteiger partial charge in [0, 0.05) is 30.9 Å². The molecule has 1 fully saturated rings. The predicted octanol–water partition coefficient (Wildman–Crippen LogP) is 2.31. The molecule has 0 aromatic heterocycles. The normalized spacial score (nSPS) is 18.8. The Bertz CT molecular complexity index is 383. The van der Waals surface area contributed by atoms with Crippen molar-refractivity contribution >= 4 is 5.69 Å². The Labute approximate surface area is 122 Å². The van der Waals surface area contributed by atoms with E-state index in [2.05, 4.69) is 29.3 Å². The van der Waals surface area contributed by atoms with Gasteiger partial charge in [-0.2, -0.15) is 0 Å². The molecule has 1 aliphatic rings. The van der Waals surface area contributed by atoms with E-state index in [1.807, 2.05) is 12.1 Å². The van der Waals surface area contributed by atoms with Gasteiger partial charge in [0.2, 0.25) is 0 Å². The van der Waals surface area contributed by atoms with Gasteiger partial charge in [0.1, 0.15) is 5.75 Å². The van der Waals surface area contributed by atoms with E-state index in [-0.39, 0.29) is 0 Å². The van der Waals surface area contributed by atoms with Crippen LogP contribution in [0.15, 0.2) is 24.3 Å². The standard InChI is InChI=1S/C16H27N3O/c1-13(17)7-10-19-11-8-15(9-12-19)18-14-3-5-16(20-2)6-4-14/h3-6,13,15,18H,7-12,17H2,1-2H3/t13-/m1/s1. The molecule has 1 heterocycles. The second-order valence-corrected chi connectivity index (χ2v) is 5.75. The van der Waals surface area contributed by atoms with E-state index in [4.69, 9.17) is 10.5 Å². The third-order valence-corrected chi connectivity index (χ3v) is 3.95. The first-order valence-corrected chi connectivity index (χ1v) is 7.56. The van der Waals surface area contributed by atoms with E-state index in [0.29, 0.717) is 12.1 Å². The van der Waals surface area contributed by atoms with E-state index >= 15 is 0 Å². The maximum atomic E-state index is 5.81. The van der Waals surface area contributed by atoms with E-state index < -0.39 is 0 Å². The highest BCUT2D eigenvalue weighted by Gasteiger charge is 2.18. The average molecular weight is 277 g/mol. The molecule has 3 N–H and O–H groups in total. The van der Waals surface area contributed by atoms with Gasteiger partial charge in [0.15, 0.2) is 0 Å². The molecule has 1 aromatic rings. The van der Waals surface area contributed by atoms with E-state index in [1.54, 1.807) is 7.11 Å². The van der Waals surface area contributed by atoms with Gasteiger partial charge in [-0.15, -0.1) is 0 Å². The summed E-state index contributed by atoms with van der Waals surface area (Å²) in [5.74, 6) is 0.904. The third-order valence-electron chi connectivity index (χ3n) is 3.95. The molecule has 0 bridgehead atoms. The van der Waals surface area contributed by atoms with Gasteiger partial charge in [-0.3, -0.25) is 0 Å². The maximum Gasteiger partial charge on any atom is 0.119 e. The van der Waals surface area contributed by atoms with Gasteiger partial charge in [-0.05, 0) is 57.0 Å². The monoisotopic (exact) mass is 277 g/mol. The Balaban J connectivity index is 1.73. The highest BCUT2D eigenvalue weighted by atomic mass is 16.5. The van der Waals surface area contributed by atoms with Gasteiger partial charge < -0.3 is 20.7 Å². The zero-order chi connectivity index (χ0) is 14.4. The van der Waals surface area contributed by atoms with Crippen LogP contribution in [-0.2, 0) is 0 Å². The van der Waals surface area contributed by atoms with Crippen LogP contribution in [0.25, 0.3) is 0 Å². The first-order valence-electron chi connectivity index (χ1n) is 7.56. The second kappa shape index (κ2) is 7.50. The van der Waals surface area contributed by atoms with Crippen molar-refractivity contribution in [3.8, 4) is 5.75 Å². The number of nitrogens with zero attached hydrogens (tertiary/aromatic N) is 1. The quantitative estimate of drug-likeness (QED) is 0.838. The molecule has 1 aromatic carbocycles.